The monoisotopic (exact) mass is 845 g/mol. The van der Waals surface area contributed by atoms with E-state index in [0.717, 1.165) is 64.2 Å². The number of hydrogen-bond acceptors (Lipinski definition) is 6. The van der Waals surface area contributed by atoms with Gasteiger partial charge in [-0.25, -0.2) is 0 Å². The molecule has 0 aliphatic rings. The van der Waals surface area contributed by atoms with Crippen LogP contribution in [0.15, 0.2) is 24.3 Å². The number of unbranched alkanes of at least 4 members (excludes halogenated alkanes) is 33. The minimum absolute atomic E-state index is 0.0720. The van der Waals surface area contributed by atoms with Gasteiger partial charge in [0.2, 0.25) is 0 Å². The van der Waals surface area contributed by atoms with Crippen LogP contribution in [0.1, 0.15) is 284 Å². The van der Waals surface area contributed by atoms with Crippen molar-refractivity contribution in [2.24, 2.45) is 0 Å². The smallest absolute Gasteiger partial charge is 0.306 e. The molecule has 1 unspecified atom stereocenters. The molecule has 60 heavy (non-hydrogen) atoms. The molecule has 352 valence electrons. The van der Waals surface area contributed by atoms with Crippen molar-refractivity contribution >= 4 is 17.9 Å². The molecule has 0 saturated heterocycles. The second kappa shape index (κ2) is 49.5. The van der Waals surface area contributed by atoms with Crippen LogP contribution in [0.5, 0.6) is 0 Å². The fourth-order valence-electron chi connectivity index (χ4n) is 7.65. The maximum atomic E-state index is 12.7. The number of esters is 3. The molecule has 0 heterocycles. The predicted octanol–water partition coefficient (Wildman–Crippen LogP) is 17.2. The molecule has 6 nitrogen and oxygen atoms in total. The van der Waals surface area contributed by atoms with Crippen LogP contribution in [0.2, 0.25) is 0 Å². The first-order valence-corrected chi connectivity index (χ1v) is 26.3. The van der Waals surface area contributed by atoms with Crippen LogP contribution in [0.3, 0.4) is 0 Å². The number of allylic oxidation sites excluding steroid dienone is 4. The van der Waals surface area contributed by atoms with Crippen molar-refractivity contribution < 1.29 is 28.6 Å². The Labute approximate surface area is 373 Å². The average molecular weight is 845 g/mol. The van der Waals surface area contributed by atoms with E-state index >= 15 is 0 Å². The first-order valence-electron chi connectivity index (χ1n) is 26.3. The Hall–Kier alpha value is -2.11. The van der Waals surface area contributed by atoms with Crippen LogP contribution >= 0.6 is 0 Å². The highest BCUT2D eigenvalue weighted by atomic mass is 16.6. The Morgan fingerprint density at radius 1 is 0.317 bits per heavy atom. The molecule has 0 spiro atoms. The van der Waals surface area contributed by atoms with Gasteiger partial charge < -0.3 is 14.2 Å². The minimum Gasteiger partial charge on any atom is -0.462 e. The van der Waals surface area contributed by atoms with Crippen molar-refractivity contribution in [3.63, 3.8) is 0 Å². The maximum Gasteiger partial charge on any atom is 0.306 e. The van der Waals surface area contributed by atoms with E-state index in [4.69, 9.17) is 14.2 Å². The van der Waals surface area contributed by atoms with Crippen LogP contribution < -0.4 is 0 Å². The number of rotatable bonds is 48. The molecule has 0 N–H and O–H groups in total. The molecular weight excluding hydrogens is 745 g/mol. The van der Waals surface area contributed by atoms with Gasteiger partial charge in [0.05, 0.1) is 0 Å². The summed E-state index contributed by atoms with van der Waals surface area (Å²) in [6, 6.07) is 0. The first kappa shape index (κ1) is 57.9. The molecule has 0 amide bonds. The molecule has 0 radical (unpaired) electrons. The van der Waals surface area contributed by atoms with E-state index in [2.05, 4.69) is 45.1 Å². The van der Waals surface area contributed by atoms with Gasteiger partial charge in [0, 0.05) is 19.3 Å². The normalized spacial score (nSPS) is 12.1. The summed E-state index contributed by atoms with van der Waals surface area (Å²) in [5, 5.41) is 0. The SMILES string of the molecule is CCCC/C=C\CCCCCCCC(=O)OC(COC(=O)CCCCCCCC)COC(=O)CCCCCCCCCCCCCCC/C=C\CCCCCCCCCC. The van der Waals surface area contributed by atoms with E-state index in [1.54, 1.807) is 0 Å². The van der Waals surface area contributed by atoms with Gasteiger partial charge in [0.25, 0.3) is 0 Å². The molecule has 0 fully saturated rings. The summed E-state index contributed by atoms with van der Waals surface area (Å²) >= 11 is 0. The summed E-state index contributed by atoms with van der Waals surface area (Å²) in [5.74, 6) is -0.883. The zero-order valence-electron chi connectivity index (χ0n) is 40.2. The number of carbonyl (C=O) groups excluding carboxylic acids is 3. The lowest BCUT2D eigenvalue weighted by atomic mass is 10.0. The summed E-state index contributed by atoms with van der Waals surface area (Å²) in [7, 11) is 0. The number of carbonyl (C=O) groups is 3. The van der Waals surface area contributed by atoms with Gasteiger partial charge in [0.1, 0.15) is 13.2 Å². The van der Waals surface area contributed by atoms with Crippen molar-refractivity contribution in [3.8, 4) is 0 Å². The third kappa shape index (κ3) is 46.9. The Morgan fingerprint density at radius 2 is 0.567 bits per heavy atom. The Morgan fingerprint density at radius 3 is 0.883 bits per heavy atom. The van der Waals surface area contributed by atoms with Gasteiger partial charge in [-0.05, 0) is 64.2 Å². The lowest BCUT2D eigenvalue weighted by Gasteiger charge is -2.18. The molecule has 0 aromatic rings. The van der Waals surface area contributed by atoms with Crippen molar-refractivity contribution in [3.05, 3.63) is 24.3 Å². The van der Waals surface area contributed by atoms with Gasteiger partial charge in [-0.15, -0.1) is 0 Å². The fraction of sp³-hybridized carbons (Fsp3) is 0.870. The van der Waals surface area contributed by atoms with E-state index in [0.29, 0.717) is 19.3 Å². The molecule has 6 heteroatoms. The van der Waals surface area contributed by atoms with Gasteiger partial charge in [0.15, 0.2) is 6.10 Å². The van der Waals surface area contributed by atoms with E-state index in [9.17, 15) is 14.4 Å². The highest BCUT2D eigenvalue weighted by Crippen LogP contribution is 2.16. The van der Waals surface area contributed by atoms with E-state index in [-0.39, 0.29) is 31.1 Å². The lowest BCUT2D eigenvalue weighted by Crippen LogP contribution is -2.30. The van der Waals surface area contributed by atoms with E-state index in [1.807, 2.05) is 0 Å². The Kier molecular flexibility index (Phi) is 47.8. The van der Waals surface area contributed by atoms with Crippen molar-refractivity contribution in [2.75, 3.05) is 13.2 Å². The van der Waals surface area contributed by atoms with Crippen molar-refractivity contribution in [2.45, 2.75) is 290 Å². The second-order valence-corrected chi connectivity index (χ2v) is 17.8. The quantitative estimate of drug-likeness (QED) is 0.0263. The summed E-state index contributed by atoms with van der Waals surface area (Å²) in [6.07, 6.45) is 56.4. The molecule has 0 saturated carbocycles. The molecule has 1 atom stereocenters. The van der Waals surface area contributed by atoms with Crippen LogP contribution in [0, 0.1) is 0 Å². The number of hydrogen-bond donors (Lipinski definition) is 0. The van der Waals surface area contributed by atoms with Gasteiger partial charge in [-0.1, -0.05) is 225 Å². The third-order valence-corrected chi connectivity index (χ3v) is 11.7. The molecule has 0 aliphatic carbocycles. The molecule has 0 aliphatic heterocycles. The zero-order valence-corrected chi connectivity index (χ0v) is 40.2. The zero-order chi connectivity index (χ0) is 43.7. The van der Waals surface area contributed by atoms with Crippen LogP contribution in [-0.2, 0) is 28.6 Å². The number of ether oxygens (including phenoxy) is 3. The van der Waals surface area contributed by atoms with Crippen LogP contribution in [0.4, 0.5) is 0 Å². The van der Waals surface area contributed by atoms with Crippen molar-refractivity contribution in [1.29, 1.82) is 0 Å². The van der Waals surface area contributed by atoms with Gasteiger partial charge >= 0.3 is 17.9 Å². The largest absolute Gasteiger partial charge is 0.462 e. The van der Waals surface area contributed by atoms with E-state index < -0.39 is 6.10 Å². The molecular formula is C54H100O6. The molecule has 0 bridgehead atoms. The van der Waals surface area contributed by atoms with Gasteiger partial charge in [-0.3, -0.25) is 14.4 Å². The summed E-state index contributed by atoms with van der Waals surface area (Å²) in [4.78, 5) is 37.6. The summed E-state index contributed by atoms with van der Waals surface area (Å²) in [6.45, 7) is 6.55. The Balaban J connectivity index is 4.03. The summed E-state index contributed by atoms with van der Waals surface area (Å²) in [5.41, 5.74) is 0. The molecule has 0 rings (SSSR count). The van der Waals surface area contributed by atoms with E-state index in [1.165, 1.54) is 180 Å². The topological polar surface area (TPSA) is 78.9 Å². The average Bonchev–Trinajstić information content (AvgIpc) is 3.24. The van der Waals surface area contributed by atoms with Gasteiger partial charge in [-0.2, -0.15) is 0 Å². The second-order valence-electron chi connectivity index (χ2n) is 17.8. The van der Waals surface area contributed by atoms with Crippen LogP contribution in [0.25, 0.3) is 0 Å². The summed E-state index contributed by atoms with van der Waals surface area (Å²) < 4.78 is 16.7. The fourth-order valence-corrected chi connectivity index (χ4v) is 7.65. The molecule has 0 aromatic carbocycles. The third-order valence-electron chi connectivity index (χ3n) is 11.7. The van der Waals surface area contributed by atoms with Crippen molar-refractivity contribution in [1.82, 2.24) is 0 Å². The predicted molar refractivity (Wildman–Crippen MR) is 256 cm³/mol. The molecule has 0 aromatic heterocycles. The Bertz CT molecular complexity index is 973. The maximum absolute atomic E-state index is 12.7. The standard InChI is InChI=1S/C54H100O6/c1-4-7-10-13-16-18-20-21-22-23-24-25-26-27-28-29-30-31-32-33-35-36-38-41-44-47-53(56)59-50-51(49-58-52(55)46-43-40-15-12-9-6-3)60-54(57)48-45-42-39-37-34-19-17-14-11-8-5-2/h14,17,23-24,51H,4-13,15-16,18-22,25-50H2,1-3H3/b17-14-,24-23-. The van der Waals surface area contributed by atoms with Crippen LogP contribution in [-0.4, -0.2) is 37.2 Å². The minimum atomic E-state index is -0.768. The lowest BCUT2D eigenvalue weighted by molar-refractivity contribution is -0.167. The highest BCUT2D eigenvalue weighted by molar-refractivity contribution is 5.71. The first-order chi connectivity index (χ1) is 29.5. The highest BCUT2D eigenvalue weighted by Gasteiger charge is 2.19.